The fourth-order valence-corrected chi connectivity index (χ4v) is 3.09. The van der Waals surface area contributed by atoms with E-state index in [2.05, 4.69) is 11.0 Å². The predicted octanol–water partition coefficient (Wildman–Crippen LogP) is 3.05. The van der Waals surface area contributed by atoms with Gasteiger partial charge in [0.2, 0.25) is 0 Å². The molecule has 0 atom stereocenters. The van der Waals surface area contributed by atoms with Crippen molar-refractivity contribution in [3.63, 3.8) is 0 Å². The first-order valence-corrected chi connectivity index (χ1v) is 8.93. The number of benzene rings is 2. The van der Waals surface area contributed by atoms with Gasteiger partial charge in [-0.2, -0.15) is 5.26 Å². The minimum absolute atomic E-state index is 0.0287. The lowest BCUT2D eigenvalue weighted by atomic mass is 10.2. The Morgan fingerprint density at radius 2 is 1.85 bits per heavy atom. The van der Waals surface area contributed by atoms with Crippen molar-refractivity contribution >= 4 is 17.5 Å². The third-order valence-electron chi connectivity index (χ3n) is 4.39. The van der Waals surface area contributed by atoms with Gasteiger partial charge in [-0.1, -0.05) is 17.7 Å². The number of rotatable bonds is 5. The van der Waals surface area contributed by atoms with Crippen molar-refractivity contribution in [1.82, 2.24) is 9.80 Å². The van der Waals surface area contributed by atoms with E-state index in [1.165, 1.54) is 0 Å². The van der Waals surface area contributed by atoms with Crippen molar-refractivity contribution < 1.29 is 9.53 Å². The summed E-state index contributed by atoms with van der Waals surface area (Å²) < 4.78 is 5.72. The predicted molar refractivity (Wildman–Crippen MR) is 100 cm³/mol. The van der Waals surface area contributed by atoms with E-state index in [1.54, 1.807) is 48.5 Å². The van der Waals surface area contributed by atoms with Gasteiger partial charge in [-0.05, 0) is 42.5 Å². The number of nitrogens with zero attached hydrogens (tertiary/aromatic N) is 3. The highest BCUT2D eigenvalue weighted by Gasteiger charge is 2.22. The Bertz CT molecular complexity index is 793. The number of hydrogen-bond donors (Lipinski definition) is 0. The number of carbonyl (C=O) groups is 1. The Labute approximate surface area is 158 Å². The van der Waals surface area contributed by atoms with Crippen LogP contribution in [0.4, 0.5) is 0 Å². The van der Waals surface area contributed by atoms with Crippen molar-refractivity contribution in [2.45, 2.75) is 0 Å². The smallest absolute Gasteiger partial charge is 0.253 e. The van der Waals surface area contributed by atoms with E-state index in [9.17, 15) is 4.79 Å². The van der Waals surface area contributed by atoms with Crippen LogP contribution in [0.1, 0.15) is 15.9 Å². The van der Waals surface area contributed by atoms with Gasteiger partial charge in [0.15, 0.2) is 0 Å². The highest BCUT2D eigenvalue weighted by Crippen LogP contribution is 2.15. The summed E-state index contributed by atoms with van der Waals surface area (Å²) >= 11 is 5.97. The monoisotopic (exact) mass is 369 g/mol. The Hall–Kier alpha value is -2.55. The van der Waals surface area contributed by atoms with Gasteiger partial charge in [0.05, 0.1) is 11.6 Å². The fourth-order valence-electron chi connectivity index (χ4n) is 2.90. The average Bonchev–Trinajstić information content (AvgIpc) is 2.68. The maximum absolute atomic E-state index is 12.5. The summed E-state index contributed by atoms with van der Waals surface area (Å²) in [6.45, 7) is 4.42. The van der Waals surface area contributed by atoms with Crippen LogP contribution in [0.15, 0.2) is 48.5 Å². The second kappa shape index (κ2) is 8.70. The lowest BCUT2D eigenvalue weighted by molar-refractivity contribution is 0.0620. The Morgan fingerprint density at radius 1 is 1.12 bits per heavy atom. The van der Waals surface area contributed by atoms with Crippen LogP contribution in [0.3, 0.4) is 0 Å². The van der Waals surface area contributed by atoms with Crippen LogP contribution < -0.4 is 4.74 Å². The molecule has 3 rings (SSSR count). The number of amides is 1. The normalized spacial score (nSPS) is 14.7. The molecule has 0 spiro atoms. The molecular formula is C20H20ClN3O2. The molecule has 1 saturated heterocycles. The van der Waals surface area contributed by atoms with Crippen LogP contribution in [-0.4, -0.2) is 55.0 Å². The maximum Gasteiger partial charge on any atom is 0.253 e. The molecule has 0 aliphatic carbocycles. The average molecular weight is 370 g/mol. The number of hydrogen-bond acceptors (Lipinski definition) is 4. The van der Waals surface area contributed by atoms with Crippen LogP contribution >= 0.6 is 11.6 Å². The molecule has 6 heteroatoms. The van der Waals surface area contributed by atoms with Gasteiger partial charge < -0.3 is 9.64 Å². The van der Waals surface area contributed by atoms with Gasteiger partial charge in [0, 0.05) is 43.3 Å². The summed E-state index contributed by atoms with van der Waals surface area (Å²) in [5.74, 6) is 0.791. The zero-order valence-corrected chi connectivity index (χ0v) is 15.2. The minimum atomic E-state index is 0.0287. The molecule has 26 heavy (non-hydrogen) atoms. The summed E-state index contributed by atoms with van der Waals surface area (Å²) in [4.78, 5) is 16.7. The summed E-state index contributed by atoms with van der Waals surface area (Å²) in [7, 11) is 0. The quantitative estimate of drug-likeness (QED) is 0.812. The van der Waals surface area contributed by atoms with Crippen LogP contribution in [0.2, 0.25) is 5.02 Å². The summed E-state index contributed by atoms with van der Waals surface area (Å²) in [5, 5.41) is 9.37. The molecule has 0 bridgehead atoms. The van der Waals surface area contributed by atoms with E-state index >= 15 is 0 Å². The van der Waals surface area contributed by atoms with Crippen molar-refractivity contribution in [1.29, 1.82) is 5.26 Å². The molecule has 1 aliphatic rings. The molecule has 0 aromatic heterocycles. The minimum Gasteiger partial charge on any atom is -0.492 e. The van der Waals surface area contributed by atoms with E-state index in [-0.39, 0.29) is 5.91 Å². The third kappa shape index (κ3) is 4.75. The van der Waals surface area contributed by atoms with Gasteiger partial charge in [-0.15, -0.1) is 0 Å². The van der Waals surface area contributed by atoms with E-state index in [0.717, 1.165) is 25.4 Å². The number of ether oxygens (including phenoxy) is 1. The molecule has 0 saturated carbocycles. The summed E-state index contributed by atoms with van der Waals surface area (Å²) in [5.41, 5.74) is 1.26. The van der Waals surface area contributed by atoms with Crippen molar-refractivity contribution in [3.8, 4) is 11.8 Å². The first-order chi connectivity index (χ1) is 12.7. The van der Waals surface area contributed by atoms with Gasteiger partial charge >= 0.3 is 0 Å². The molecule has 1 heterocycles. The van der Waals surface area contributed by atoms with Crippen LogP contribution in [0, 0.1) is 11.3 Å². The molecule has 0 unspecified atom stereocenters. The first kappa shape index (κ1) is 18.2. The van der Waals surface area contributed by atoms with E-state index in [4.69, 9.17) is 21.6 Å². The fraction of sp³-hybridized carbons (Fsp3) is 0.300. The molecule has 0 radical (unpaired) electrons. The molecule has 5 nitrogen and oxygen atoms in total. The lowest BCUT2D eigenvalue weighted by Gasteiger charge is -2.34. The molecule has 1 aliphatic heterocycles. The molecule has 2 aromatic rings. The molecule has 1 fully saturated rings. The number of halogens is 1. The van der Waals surface area contributed by atoms with E-state index in [1.807, 2.05) is 4.90 Å². The summed E-state index contributed by atoms with van der Waals surface area (Å²) in [6, 6.07) is 16.3. The topological polar surface area (TPSA) is 56.6 Å². The van der Waals surface area contributed by atoms with Crippen molar-refractivity contribution in [3.05, 3.63) is 64.7 Å². The zero-order valence-electron chi connectivity index (χ0n) is 14.4. The van der Waals surface area contributed by atoms with Gasteiger partial charge in [0.25, 0.3) is 5.91 Å². The van der Waals surface area contributed by atoms with E-state index in [0.29, 0.717) is 35.8 Å². The lowest BCUT2D eigenvalue weighted by Crippen LogP contribution is -2.49. The van der Waals surface area contributed by atoms with E-state index < -0.39 is 0 Å². The van der Waals surface area contributed by atoms with Gasteiger partial charge in [-0.25, -0.2) is 0 Å². The maximum atomic E-state index is 12.5. The molecule has 0 N–H and O–H groups in total. The molecular weight excluding hydrogens is 350 g/mol. The highest BCUT2D eigenvalue weighted by molar-refractivity contribution is 6.30. The number of carbonyl (C=O) groups excluding carboxylic acids is 1. The Balaban J connectivity index is 1.42. The first-order valence-electron chi connectivity index (χ1n) is 8.56. The van der Waals surface area contributed by atoms with Crippen molar-refractivity contribution in [2.75, 3.05) is 39.3 Å². The highest BCUT2D eigenvalue weighted by atomic mass is 35.5. The number of nitriles is 1. The van der Waals surface area contributed by atoms with Crippen LogP contribution in [0.25, 0.3) is 0 Å². The molecule has 134 valence electrons. The second-order valence-electron chi connectivity index (χ2n) is 6.13. The summed E-state index contributed by atoms with van der Waals surface area (Å²) in [6.07, 6.45) is 0. The number of piperazine rings is 1. The Morgan fingerprint density at radius 3 is 2.50 bits per heavy atom. The van der Waals surface area contributed by atoms with Crippen LogP contribution in [-0.2, 0) is 0 Å². The van der Waals surface area contributed by atoms with Crippen molar-refractivity contribution in [2.24, 2.45) is 0 Å². The molecule has 2 aromatic carbocycles. The SMILES string of the molecule is N#Cc1ccc(OCCN2CCN(C(=O)c3cccc(Cl)c3)CC2)cc1. The van der Waals surface area contributed by atoms with Gasteiger partial charge in [-0.3, -0.25) is 9.69 Å². The molecule has 1 amide bonds. The Kier molecular flexibility index (Phi) is 6.11. The third-order valence-corrected chi connectivity index (χ3v) is 4.63. The van der Waals surface area contributed by atoms with Gasteiger partial charge in [0.1, 0.15) is 12.4 Å². The standard InChI is InChI=1S/C20H20ClN3O2/c21-18-3-1-2-17(14-18)20(25)24-10-8-23(9-11-24)12-13-26-19-6-4-16(15-22)5-7-19/h1-7,14H,8-13H2. The largest absolute Gasteiger partial charge is 0.492 e. The van der Waals surface area contributed by atoms with Crippen LogP contribution in [0.5, 0.6) is 5.75 Å². The zero-order chi connectivity index (χ0) is 18.4. The second-order valence-corrected chi connectivity index (χ2v) is 6.57.